The zero-order chi connectivity index (χ0) is 24.1. The summed E-state index contributed by atoms with van der Waals surface area (Å²) in [6.07, 6.45) is 8.61. The molecule has 0 saturated carbocycles. The summed E-state index contributed by atoms with van der Waals surface area (Å²) in [6.45, 7) is 6.53. The van der Waals surface area contributed by atoms with Gasteiger partial charge in [0.05, 0.1) is 0 Å². The van der Waals surface area contributed by atoms with E-state index in [0.717, 1.165) is 71.5 Å². The lowest BCUT2D eigenvalue weighted by atomic mass is 9.78. The van der Waals surface area contributed by atoms with Crippen LogP contribution in [0.5, 0.6) is 0 Å². The van der Waals surface area contributed by atoms with Gasteiger partial charge in [0.1, 0.15) is 0 Å². The highest BCUT2D eigenvalue weighted by Crippen LogP contribution is 2.40. The predicted molar refractivity (Wildman–Crippen MR) is 138 cm³/mol. The number of amides is 1. The molecule has 3 saturated heterocycles. The maximum Gasteiger partial charge on any atom is 0.253 e. The Balaban J connectivity index is 1.29. The molecule has 0 aliphatic carbocycles. The van der Waals surface area contributed by atoms with Crippen LogP contribution in [0, 0.1) is 0 Å². The van der Waals surface area contributed by atoms with Crippen LogP contribution in [0.2, 0.25) is 0 Å². The Labute approximate surface area is 209 Å². The highest BCUT2D eigenvalue weighted by molar-refractivity contribution is 5.82. The van der Waals surface area contributed by atoms with E-state index in [0.29, 0.717) is 0 Å². The number of methoxy groups -OCH3 is 1. The first-order valence-corrected chi connectivity index (χ1v) is 13.2. The molecule has 2 aromatic rings. The van der Waals surface area contributed by atoms with Crippen LogP contribution >= 0.6 is 0 Å². The van der Waals surface area contributed by atoms with Gasteiger partial charge in [0.15, 0.2) is 6.10 Å². The third-order valence-corrected chi connectivity index (χ3v) is 8.34. The summed E-state index contributed by atoms with van der Waals surface area (Å²) in [5, 5.41) is 3.51. The number of rotatable bonds is 6. The Kier molecular flexibility index (Phi) is 7.66. The van der Waals surface area contributed by atoms with E-state index in [2.05, 4.69) is 67.5 Å². The number of benzene rings is 1. The highest BCUT2D eigenvalue weighted by atomic mass is 16.5. The van der Waals surface area contributed by atoms with Crippen molar-refractivity contribution in [2.75, 3.05) is 57.8 Å². The first kappa shape index (κ1) is 24.2. The van der Waals surface area contributed by atoms with E-state index in [1.807, 2.05) is 12.4 Å². The molecule has 1 amide bonds. The molecule has 1 N–H and O–H groups in total. The van der Waals surface area contributed by atoms with Crippen molar-refractivity contribution in [3.8, 4) is 0 Å². The molecule has 0 bridgehead atoms. The number of nitrogens with zero attached hydrogens (tertiary/aromatic N) is 4. The third kappa shape index (κ3) is 5.08. The number of piperazine rings is 1. The van der Waals surface area contributed by atoms with Crippen molar-refractivity contribution in [2.24, 2.45) is 0 Å². The molecule has 0 radical (unpaired) electrons. The van der Waals surface area contributed by atoms with Crippen LogP contribution in [0.1, 0.15) is 37.7 Å². The van der Waals surface area contributed by atoms with Crippen molar-refractivity contribution in [2.45, 2.75) is 49.8 Å². The Morgan fingerprint density at radius 1 is 1.00 bits per heavy atom. The summed E-state index contributed by atoms with van der Waals surface area (Å²) in [4.78, 5) is 24.8. The number of carbonyl (C=O) groups is 1. The van der Waals surface area contributed by atoms with Crippen molar-refractivity contribution in [3.05, 3.63) is 60.4 Å². The molecule has 3 aliphatic rings. The fraction of sp³-hybridized carbons (Fsp3) is 0.571. The smallest absolute Gasteiger partial charge is 0.253 e. The van der Waals surface area contributed by atoms with Crippen LogP contribution in [0.25, 0.3) is 0 Å². The van der Waals surface area contributed by atoms with Crippen molar-refractivity contribution >= 4 is 11.6 Å². The minimum absolute atomic E-state index is 0.0337. The largest absolute Gasteiger partial charge is 0.370 e. The molecule has 3 aliphatic heterocycles. The van der Waals surface area contributed by atoms with Crippen LogP contribution in [0.3, 0.4) is 0 Å². The van der Waals surface area contributed by atoms with Gasteiger partial charge in [-0.1, -0.05) is 36.8 Å². The lowest BCUT2D eigenvalue weighted by molar-refractivity contribution is -0.147. The summed E-state index contributed by atoms with van der Waals surface area (Å²) < 4.78 is 5.74. The molecule has 1 aromatic carbocycles. The average molecular weight is 478 g/mol. The van der Waals surface area contributed by atoms with Crippen molar-refractivity contribution in [1.29, 1.82) is 0 Å². The van der Waals surface area contributed by atoms with E-state index in [9.17, 15) is 4.79 Å². The Hall–Kier alpha value is -2.48. The SMILES string of the molecule is COC(C(=O)N1CCC(c2ccccc2)(N2CCN(c3ccncc3)CC2)CC1)C1CCCCN1. The van der Waals surface area contributed by atoms with Crippen molar-refractivity contribution < 1.29 is 9.53 Å². The fourth-order valence-corrected chi connectivity index (χ4v) is 6.33. The number of ether oxygens (including phenoxy) is 1. The van der Waals surface area contributed by atoms with Gasteiger partial charge >= 0.3 is 0 Å². The number of carbonyl (C=O) groups excluding carboxylic acids is 1. The lowest BCUT2D eigenvalue weighted by Gasteiger charge is -2.52. The summed E-state index contributed by atoms with van der Waals surface area (Å²) in [5.74, 6) is 0.149. The highest BCUT2D eigenvalue weighted by Gasteiger charge is 2.44. The lowest BCUT2D eigenvalue weighted by Crippen LogP contribution is -2.61. The Morgan fingerprint density at radius 2 is 1.71 bits per heavy atom. The molecule has 7 heteroatoms. The average Bonchev–Trinajstić information content (AvgIpc) is 2.95. The monoisotopic (exact) mass is 477 g/mol. The van der Waals surface area contributed by atoms with Gasteiger partial charge in [-0.15, -0.1) is 0 Å². The molecule has 2 atom stereocenters. The first-order valence-electron chi connectivity index (χ1n) is 13.2. The van der Waals surface area contributed by atoms with Gasteiger partial charge in [0.2, 0.25) is 0 Å². The molecule has 5 rings (SSSR count). The zero-order valence-electron chi connectivity index (χ0n) is 20.9. The minimum atomic E-state index is -0.386. The van der Waals surface area contributed by atoms with E-state index in [4.69, 9.17) is 4.74 Å². The van der Waals surface area contributed by atoms with Crippen LogP contribution < -0.4 is 10.2 Å². The van der Waals surface area contributed by atoms with Crippen LogP contribution in [0.15, 0.2) is 54.9 Å². The molecule has 7 nitrogen and oxygen atoms in total. The zero-order valence-corrected chi connectivity index (χ0v) is 20.9. The molecule has 2 unspecified atom stereocenters. The van der Waals surface area contributed by atoms with E-state index < -0.39 is 0 Å². The van der Waals surface area contributed by atoms with E-state index >= 15 is 0 Å². The molecular weight excluding hydrogens is 438 g/mol. The van der Waals surface area contributed by atoms with Crippen molar-refractivity contribution in [1.82, 2.24) is 20.1 Å². The predicted octanol–water partition coefficient (Wildman–Crippen LogP) is 2.88. The Morgan fingerprint density at radius 3 is 2.34 bits per heavy atom. The quantitative estimate of drug-likeness (QED) is 0.691. The second-order valence-electron chi connectivity index (χ2n) is 10.1. The van der Waals surface area contributed by atoms with E-state index in [1.54, 1.807) is 7.11 Å². The van der Waals surface area contributed by atoms with E-state index in [1.165, 1.54) is 17.7 Å². The summed E-state index contributed by atoms with van der Waals surface area (Å²) in [7, 11) is 1.68. The molecule has 4 heterocycles. The summed E-state index contributed by atoms with van der Waals surface area (Å²) >= 11 is 0. The van der Waals surface area contributed by atoms with Crippen molar-refractivity contribution in [3.63, 3.8) is 0 Å². The number of likely N-dealkylation sites (tertiary alicyclic amines) is 1. The summed E-state index contributed by atoms with van der Waals surface area (Å²) in [5.41, 5.74) is 2.59. The standard InChI is InChI=1S/C28H39N5O2/c1-35-26(25-9-5-6-14-30-25)27(34)32-17-12-28(13-18-32,23-7-3-2-4-8-23)33-21-19-31(20-22-33)24-10-15-29-16-11-24/h2-4,7-8,10-11,15-16,25-26,30H,5-6,9,12-14,17-22H2,1H3. The molecular formula is C28H39N5O2. The maximum atomic E-state index is 13.5. The third-order valence-electron chi connectivity index (χ3n) is 8.34. The van der Waals surface area contributed by atoms with E-state index in [-0.39, 0.29) is 23.6 Å². The van der Waals surface area contributed by atoms with Gasteiger partial charge in [-0.05, 0) is 49.9 Å². The van der Waals surface area contributed by atoms with Gasteiger partial charge in [0, 0.05) is 76.0 Å². The van der Waals surface area contributed by atoms with Crippen LogP contribution in [-0.2, 0) is 15.1 Å². The van der Waals surface area contributed by atoms with Crippen LogP contribution in [0.4, 0.5) is 5.69 Å². The van der Waals surface area contributed by atoms with Gasteiger partial charge in [0.25, 0.3) is 5.91 Å². The minimum Gasteiger partial charge on any atom is -0.370 e. The number of piperidine rings is 2. The molecule has 1 aromatic heterocycles. The summed E-state index contributed by atoms with van der Waals surface area (Å²) in [6, 6.07) is 15.3. The second kappa shape index (κ2) is 11.1. The first-order chi connectivity index (χ1) is 17.2. The molecule has 0 spiro atoms. The molecule has 3 fully saturated rings. The number of hydrogen-bond donors (Lipinski definition) is 1. The van der Waals surface area contributed by atoms with Crippen LogP contribution in [-0.4, -0.2) is 85.8 Å². The number of pyridine rings is 1. The fourth-order valence-electron chi connectivity index (χ4n) is 6.33. The van der Waals surface area contributed by atoms with Gasteiger partial charge in [-0.2, -0.15) is 0 Å². The molecule has 35 heavy (non-hydrogen) atoms. The number of nitrogens with one attached hydrogen (secondary N) is 1. The maximum absolute atomic E-state index is 13.5. The normalized spacial score (nSPS) is 24.2. The molecule has 188 valence electrons. The number of anilines is 1. The second-order valence-corrected chi connectivity index (χ2v) is 10.1. The number of hydrogen-bond acceptors (Lipinski definition) is 6. The topological polar surface area (TPSA) is 60.9 Å². The number of aromatic nitrogens is 1. The van der Waals surface area contributed by atoms with Gasteiger partial charge in [-0.3, -0.25) is 14.7 Å². The van der Waals surface area contributed by atoms with Gasteiger partial charge in [-0.25, -0.2) is 0 Å². The Bertz CT molecular complexity index is 934. The van der Waals surface area contributed by atoms with Gasteiger partial charge < -0.3 is 19.9 Å².